The Balaban J connectivity index is 1.27. The van der Waals surface area contributed by atoms with Crippen molar-refractivity contribution in [1.82, 2.24) is 0 Å². The molecule has 0 aromatic heterocycles. The number of hydrogen-bond donors (Lipinski definition) is 2. The summed E-state index contributed by atoms with van der Waals surface area (Å²) in [7, 11) is 0. The van der Waals surface area contributed by atoms with E-state index in [9.17, 15) is 9.59 Å². The minimum absolute atomic E-state index is 0.108. The quantitative estimate of drug-likeness (QED) is 0.0711. The van der Waals surface area contributed by atoms with Crippen molar-refractivity contribution in [3.05, 3.63) is 130 Å². The third-order valence-electron chi connectivity index (χ3n) is 10.9. The molecule has 0 saturated carbocycles. The van der Waals surface area contributed by atoms with E-state index in [0.717, 1.165) is 70.7 Å². The van der Waals surface area contributed by atoms with Crippen molar-refractivity contribution in [2.45, 2.75) is 80.3 Å². The van der Waals surface area contributed by atoms with E-state index in [4.69, 9.17) is 0 Å². The Morgan fingerprint density at radius 2 is 0.808 bits per heavy atom. The van der Waals surface area contributed by atoms with Crippen LogP contribution in [0.15, 0.2) is 97.1 Å². The van der Waals surface area contributed by atoms with Crippen LogP contribution in [0.25, 0.3) is 12.2 Å². The Kier molecular flexibility index (Phi) is 15.4. The Bertz CT molecular complexity index is 1570. The molecular weight excluding hydrogens is 641 g/mol. The lowest BCUT2D eigenvalue weighted by Crippen LogP contribution is -2.47. The van der Waals surface area contributed by atoms with Gasteiger partial charge in [0.05, 0.1) is 39.3 Å². The van der Waals surface area contributed by atoms with E-state index in [2.05, 4.69) is 76.4 Å². The van der Waals surface area contributed by atoms with E-state index in [0.29, 0.717) is 11.1 Å². The first-order valence-electron chi connectivity index (χ1n) is 19.6. The summed E-state index contributed by atoms with van der Waals surface area (Å²) in [6.07, 6.45) is 8.97. The summed E-state index contributed by atoms with van der Waals surface area (Å²) in [4.78, 5) is 26.0. The molecule has 0 atom stereocenters. The van der Waals surface area contributed by atoms with Gasteiger partial charge in [-0.15, -0.1) is 0 Å². The monoisotopic (exact) mass is 702 g/mol. The molecular formula is C46H62N4O2+2. The second-order valence-corrected chi connectivity index (χ2v) is 14.3. The molecule has 6 heteroatoms. The van der Waals surface area contributed by atoms with Gasteiger partial charge in [-0.3, -0.25) is 9.59 Å². The van der Waals surface area contributed by atoms with Crippen LogP contribution in [0, 0.1) is 0 Å². The van der Waals surface area contributed by atoms with Crippen molar-refractivity contribution in [1.29, 1.82) is 0 Å². The first-order valence-corrected chi connectivity index (χ1v) is 19.6. The summed E-state index contributed by atoms with van der Waals surface area (Å²) in [5.74, 6) is -0.215. The highest BCUT2D eigenvalue weighted by Crippen LogP contribution is 2.21. The van der Waals surface area contributed by atoms with Crippen LogP contribution in [0.4, 0.5) is 11.4 Å². The normalized spacial score (nSPS) is 11.9. The number of benzene rings is 4. The van der Waals surface area contributed by atoms with E-state index in [-0.39, 0.29) is 11.8 Å². The SMILES string of the molecule is CCCC[N+](CC)(CC)Cc1ccc(C(=O)Nc2ccc(/C=C/c3ccc(NC(=O)c4ccc(C[N+](CC)(CC)CCCC)cc4)cc3)cc2)cc1. The third kappa shape index (κ3) is 11.5. The van der Waals surface area contributed by atoms with Gasteiger partial charge in [-0.1, -0.05) is 87.4 Å². The van der Waals surface area contributed by atoms with Crippen molar-refractivity contribution >= 4 is 35.3 Å². The Morgan fingerprint density at radius 1 is 0.481 bits per heavy atom. The molecule has 0 aliphatic rings. The summed E-state index contributed by atoms with van der Waals surface area (Å²) < 4.78 is 2.16. The van der Waals surface area contributed by atoms with Gasteiger partial charge in [0.15, 0.2) is 0 Å². The molecule has 0 unspecified atom stereocenters. The summed E-state index contributed by atoms with van der Waals surface area (Å²) in [6.45, 7) is 22.4. The van der Waals surface area contributed by atoms with E-state index < -0.39 is 0 Å². The number of amides is 2. The molecule has 2 amide bonds. The number of carbonyl (C=O) groups excluding carboxylic acids is 2. The van der Waals surface area contributed by atoms with Crippen LogP contribution in [0.5, 0.6) is 0 Å². The molecule has 0 bridgehead atoms. The molecule has 0 saturated heterocycles. The third-order valence-corrected chi connectivity index (χ3v) is 10.9. The number of quaternary nitrogens is 2. The molecule has 0 spiro atoms. The molecule has 276 valence electrons. The summed E-state index contributed by atoms with van der Waals surface area (Å²) in [5.41, 5.74) is 7.44. The number of hydrogen-bond acceptors (Lipinski definition) is 2. The maximum absolute atomic E-state index is 13.0. The lowest BCUT2D eigenvalue weighted by molar-refractivity contribution is -0.938. The fourth-order valence-corrected chi connectivity index (χ4v) is 6.92. The van der Waals surface area contributed by atoms with Crippen molar-refractivity contribution in [3.63, 3.8) is 0 Å². The van der Waals surface area contributed by atoms with Crippen molar-refractivity contribution < 1.29 is 18.6 Å². The Labute approximate surface area is 313 Å². The second kappa shape index (κ2) is 19.9. The maximum atomic E-state index is 13.0. The average Bonchev–Trinajstić information content (AvgIpc) is 3.19. The highest BCUT2D eigenvalue weighted by Gasteiger charge is 2.24. The zero-order valence-electron chi connectivity index (χ0n) is 32.6. The number of anilines is 2. The standard InChI is InChI=1S/C46H60N4O2/c1-7-13-33-49(9-3,10-4)35-39-17-25-41(26-18-39)45(51)47-43-29-21-37(22-30-43)15-16-38-23-31-44(32-24-38)48-46(52)42-27-19-40(20-28-42)36-50(11-5,12-6)34-14-8-2/h15-32H,7-14,33-36H2,1-6H3/p+2/b16-15+. The fourth-order valence-electron chi connectivity index (χ4n) is 6.92. The molecule has 0 fully saturated rings. The van der Waals surface area contributed by atoms with Crippen LogP contribution >= 0.6 is 0 Å². The topological polar surface area (TPSA) is 58.2 Å². The van der Waals surface area contributed by atoms with E-state index >= 15 is 0 Å². The van der Waals surface area contributed by atoms with Crippen LogP contribution in [0.1, 0.15) is 110 Å². The highest BCUT2D eigenvalue weighted by molar-refractivity contribution is 6.05. The molecule has 0 heterocycles. The minimum atomic E-state index is -0.108. The molecule has 6 nitrogen and oxygen atoms in total. The van der Waals surface area contributed by atoms with Gasteiger partial charge in [-0.25, -0.2) is 0 Å². The first kappa shape index (κ1) is 40.3. The summed E-state index contributed by atoms with van der Waals surface area (Å²) in [5, 5.41) is 6.06. The van der Waals surface area contributed by atoms with Gasteiger partial charge in [0.1, 0.15) is 13.1 Å². The van der Waals surface area contributed by atoms with Crippen molar-refractivity contribution in [2.75, 3.05) is 49.9 Å². The van der Waals surface area contributed by atoms with Gasteiger partial charge in [-0.2, -0.15) is 0 Å². The molecule has 4 aromatic rings. The molecule has 52 heavy (non-hydrogen) atoms. The number of nitrogens with one attached hydrogen (secondary N) is 2. The maximum Gasteiger partial charge on any atom is 0.255 e. The Hall–Kier alpha value is -4.52. The molecule has 2 N–H and O–H groups in total. The van der Waals surface area contributed by atoms with Gasteiger partial charge in [0.2, 0.25) is 0 Å². The van der Waals surface area contributed by atoms with Crippen LogP contribution in [0.2, 0.25) is 0 Å². The second-order valence-electron chi connectivity index (χ2n) is 14.3. The van der Waals surface area contributed by atoms with Gasteiger partial charge in [0, 0.05) is 33.6 Å². The van der Waals surface area contributed by atoms with Gasteiger partial charge >= 0.3 is 0 Å². The zero-order valence-corrected chi connectivity index (χ0v) is 32.6. The average molecular weight is 703 g/mol. The zero-order chi connectivity index (χ0) is 37.4. The number of rotatable bonds is 20. The number of unbranched alkanes of at least 4 members (excludes halogenated alkanes) is 2. The van der Waals surface area contributed by atoms with Crippen LogP contribution in [-0.4, -0.2) is 60.0 Å². The van der Waals surface area contributed by atoms with Crippen molar-refractivity contribution in [2.24, 2.45) is 0 Å². The smallest absolute Gasteiger partial charge is 0.255 e. The van der Waals surface area contributed by atoms with Gasteiger partial charge in [-0.05, 0) is 100 Å². The molecule has 0 aliphatic carbocycles. The summed E-state index contributed by atoms with van der Waals surface area (Å²) >= 11 is 0. The number of nitrogens with zero attached hydrogens (tertiary/aromatic N) is 2. The van der Waals surface area contributed by atoms with Crippen LogP contribution in [0.3, 0.4) is 0 Å². The minimum Gasteiger partial charge on any atom is -0.322 e. The van der Waals surface area contributed by atoms with Crippen LogP contribution in [-0.2, 0) is 13.1 Å². The lowest BCUT2D eigenvalue weighted by atomic mass is 10.1. The predicted octanol–water partition coefficient (Wildman–Crippen LogP) is 10.7. The molecule has 4 rings (SSSR count). The lowest BCUT2D eigenvalue weighted by Gasteiger charge is -2.37. The number of carbonyl (C=O) groups is 2. The summed E-state index contributed by atoms with van der Waals surface area (Å²) in [6, 6.07) is 31.8. The first-order chi connectivity index (χ1) is 25.2. The predicted molar refractivity (Wildman–Crippen MR) is 220 cm³/mol. The highest BCUT2D eigenvalue weighted by atomic mass is 16.2. The fraction of sp³-hybridized carbons (Fsp3) is 0.391. The van der Waals surface area contributed by atoms with Gasteiger partial charge < -0.3 is 19.6 Å². The van der Waals surface area contributed by atoms with Crippen molar-refractivity contribution in [3.8, 4) is 0 Å². The van der Waals surface area contributed by atoms with Gasteiger partial charge in [0.25, 0.3) is 11.8 Å². The Morgan fingerprint density at radius 3 is 1.10 bits per heavy atom. The molecule has 0 radical (unpaired) electrons. The van der Waals surface area contributed by atoms with E-state index in [1.54, 1.807) is 0 Å². The van der Waals surface area contributed by atoms with Crippen LogP contribution < -0.4 is 10.6 Å². The molecule has 0 aliphatic heterocycles. The largest absolute Gasteiger partial charge is 0.322 e. The van der Waals surface area contributed by atoms with E-state index in [1.807, 2.05) is 84.9 Å². The molecule has 4 aromatic carbocycles. The van der Waals surface area contributed by atoms with E-state index in [1.165, 1.54) is 49.9 Å².